The van der Waals surface area contributed by atoms with Crippen molar-refractivity contribution < 1.29 is 19.4 Å². The van der Waals surface area contributed by atoms with Crippen LogP contribution < -0.4 is 15.4 Å². The Balaban J connectivity index is 2.30. The first-order valence-electron chi connectivity index (χ1n) is 6.02. The van der Waals surface area contributed by atoms with Crippen molar-refractivity contribution in [2.24, 2.45) is 0 Å². The summed E-state index contributed by atoms with van der Waals surface area (Å²) in [6.07, 6.45) is 0. The topological polar surface area (TPSA) is 87.7 Å². The predicted octanol–water partition coefficient (Wildman–Crippen LogP) is 0.376. The van der Waals surface area contributed by atoms with E-state index in [1.54, 1.807) is 0 Å². The van der Waals surface area contributed by atoms with Crippen LogP contribution in [0.15, 0.2) is 24.3 Å². The van der Waals surface area contributed by atoms with E-state index in [-0.39, 0.29) is 19.0 Å². The fourth-order valence-corrected chi connectivity index (χ4v) is 1.47. The summed E-state index contributed by atoms with van der Waals surface area (Å²) in [6, 6.07) is 7.56. The Labute approximate surface area is 111 Å². The van der Waals surface area contributed by atoms with E-state index >= 15 is 0 Å². The lowest BCUT2D eigenvalue weighted by atomic mass is 10.2. The molecule has 3 N–H and O–H groups in total. The molecule has 6 nitrogen and oxygen atoms in total. The molecular formula is C13H18N2O4. The van der Waals surface area contributed by atoms with E-state index in [2.05, 4.69) is 10.6 Å². The molecule has 0 aliphatic carbocycles. The van der Waals surface area contributed by atoms with Gasteiger partial charge in [0, 0.05) is 6.54 Å². The molecule has 0 bridgehead atoms. The van der Waals surface area contributed by atoms with Gasteiger partial charge in [0.15, 0.2) is 0 Å². The number of ether oxygens (including phenoxy) is 1. The van der Waals surface area contributed by atoms with Crippen molar-refractivity contribution in [1.29, 1.82) is 0 Å². The average molecular weight is 266 g/mol. The number of nitrogens with one attached hydrogen (secondary N) is 2. The highest BCUT2D eigenvalue weighted by molar-refractivity contribution is 5.82. The van der Waals surface area contributed by atoms with Crippen LogP contribution in [0, 0.1) is 0 Å². The van der Waals surface area contributed by atoms with Crippen LogP contribution in [0.2, 0.25) is 0 Å². The van der Waals surface area contributed by atoms with Gasteiger partial charge in [-0.2, -0.15) is 0 Å². The van der Waals surface area contributed by atoms with Gasteiger partial charge in [0.2, 0.25) is 5.91 Å². The number of carboxylic acids is 1. The molecular weight excluding hydrogens is 248 g/mol. The second kappa shape index (κ2) is 8.10. The Hall–Kier alpha value is -2.08. The van der Waals surface area contributed by atoms with Crippen LogP contribution in [-0.2, 0) is 16.1 Å². The van der Waals surface area contributed by atoms with E-state index in [1.165, 1.54) is 0 Å². The third kappa shape index (κ3) is 6.42. The second-order valence-corrected chi connectivity index (χ2v) is 3.85. The first-order chi connectivity index (χ1) is 9.11. The summed E-state index contributed by atoms with van der Waals surface area (Å²) in [5.74, 6) is -0.613. The minimum atomic E-state index is -1.06. The summed E-state index contributed by atoms with van der Waals surface area (Å²) in [7, 11) is 0. The molecule has 1 aromatic rings. The fraction of sp³-hybridized carbons (Fsp3) is 0.385. The Kier molecular flexibility index (Phi) is 6.38. The molecule has 0 saturated heterocycles. The van der Waals surface area contributed by atoms with Crippen molar-refractivity contribution in [3.05, 3.63) is 29.8 Å². The van der Waals surface area contributed by atoms with Crippen molar-refractivity contribution >= 4 is 11.9 Å². The number of benzene rings is 1. The van der Waals surface area contributed by atoms with E-state index in [0.717, 1.165) is 11.3 Å². The molecule has 0 heterocycles. The van der Waals surface area contributed by atoms with Crippen LogP contribution in [-0.4, -0.2) is 36.7 Å². The lowest BCUT2D eigenvalue weighted by molar-refractivity contribution is -0.137. The fourth-order valence-electron chi connectivity index (χ4n) is 1.47. The Morgan fingerprint density at radius 1 is 1.32 bits per heavy atom. The molecule has 6 heteroatoms. The van der Waals surface area contributed by atoms with Gasteiger partial charge in [-0.15, -0.1) is 0 Å². The number of aliphatic carboxylic acids is 1. The average Bonchev–Trinajstić information content (AvgIpc) is 2.37. The lowest BCUT2D eigenvalue weighted by Gasteiger charge is -2.07. The number of hydrogen-bond acceptors (Lipinski definition) is 4. The first kappa shape index (κ1) is 15.0. The zero-order chi connectivity index (χ0) is 14.1. The lowest BCUT2D eigenvalue weighted by Crippen LogP contribution is -2.36. The van der Waals surface area contributed by atoms with Crippen molar-refractivity contribution in [2.75, 3.05) is 19.7 Å². The number of amides is 1. The van der Waals surface area contributed by atoms with Gasteiger partial charge in [0.05, 0.1) is 13.2 Å². The highest BCUT2D eigenvalue weighted by Crippen LogP contribution is 2.12. The molecule has 1 amide bonds. The van der Waals surface area contributed by atoms with Crippen LogP contribution in [0.25, 0.3) is 0 Å². The molecule has 0 atom stereocenters. The highest BCUT2D eigenvalue weighted by atomic mass is 16.5. The molecule has 104 valence electrons. The zero-order valence-corrected chi connectivity index (χ0v) is 10.8. The van der Waals surface area contributed by atoms with E-state index < -0.39 is 5.97 Å². The van der Waals surface area contributed by atoms with Crippen LogP contribution in [0.4, 0.5) is 0 Å². The van der Waals surface area contributed by atoms with Gasteiger partial charge in [-0.1, -0.05) is 12.1 Å². The summed E-state index contributed by atoms with van der Waals surface area (Å²) >= 11 is 0. The van der Waals surface area contributed by atoms with Crippen molar-refractivity contribution in [2.45, 2.75) is 13.5 Å². The van der Waals surface area contributed by atoms with Gasteiger partial charge in [-0.3, -0.25) is 9.59 Å². The maximum Gasteiger partial charge on any atom is 0.322 e. The molecule has 0 saturated carbocycles. The predicted molar refractivity (Wildman–Crippen MR) is 70.0 cm³/mol. The standard InChI is InChI=1S/C13H18N2O4/c1-2-19-11-5-3-4-10(6-11)7-14-8-12(16)15-9-13(17)18/h3-6,14H,2,7-9H2,1H3,(H,15,16)(H,17,18). The number of carbonyl (C=O) groups excluding carboxylic acids is 1. The van der Waals surface area contributed by atoms with Crippen molar-refractivity contribution in [3.63, 3.8) is 0 Å². The molecule has 0 radical (unpaired) electrons. The minimum Gasteiger partial charge on any atom is -0.494 e. The summed E-state index contributed by atoms with van der Waals surface area (Å²) in [5, 5.41) is 13.6. The van der Waals surface area contributed by atoms with Gasteiger partial charge in [-0.25, -0.2) is 0 Å². The first-order valence-corrected chi connectivity index (χ1v) is 6.02. The van der Waals surface area contributed by atoms with Crippen LogP contribution in [0.1, 0.15) is 12.5 Å². The summed E-state index contributed by atoms with van der Waals surface area (Å²) in [5.41, 5.74) is 0.997. The highest BCUT2D eigenvalue weighted by Gasteiger charge is 2.03. The number of rotatable bonds is 8. The number of carbonyl (C=O) groups is 2. The minimum absolute atomic E-state index is 0.0755. The van der Waals surface area contributed by atoms with Crippen LogP contribution in [0.3, 0.4) is 0 Å². The Morgan fingerprint density at radius 3 is 2.79 bits per heavy atom. The summed E-state index contributed by atoms with van der Waals surface area (Å²) in [4.78, 5) is 21.5. The molecule has 0 aromatic heterocycles. The molecule has 1 aromatic carbocycles. The summed E-state index contributed by atoms with van der Waals surface area (Å²) < 4.78 is 5.37. The van der Waals surface area contributed by atoms with Crippen molar-refractivity contribution in [1.82, 2.24) is 10.6 Å². The monoisotopic (exact) mass is 266 g/mol. The Morgan fingerprint density at radius 2 is 2.11 bits per heavy atom. The SMILES string of the molecule is CCOc1cccc(CNCC(=O)NCC(=O)O)c1. The quantitative estimate of drug-likeness (QED) is 0.633. The molecule has 0 unspecified atom stereocenters. The number of hydrogen-bond donors (Lipinski definition) is 3. The molecule has 0 spiro atoms. The van der Waals surface area contributed by atoms with Gasteiger partial charge in [0.25, 0.3) is 0 Å². The maximum absolute atomic E-state index is 11.2. The Bertz CT molecular complexity index is 434. The van der Waals surface area contributed by atoms with Gasteiger partial charge in [-0.05, 0) is 24.6 Å². The van der Waals surface area contributed by atoms with E-state index in [9.17, 15) is 9.59 Å². The summed E-state index contributed by atoms with van der Waals surface area (Å²) in [6.45, 7) is 2.75. The maximum atomic E-state index is 11.2. The second-order valence-electron chi connectivity index (χ2n) is 3.85. The van der Waals surface area contributed by atoms with Crippen molar-refractivity contribution in [3.8, 4) is 5.75 Å². The molecule has 0 aliphatic heterocycles. The van der Waals surface area contributed by atoms with E-state index in [1.807, 2.05) is 31.2 Å². The third-order valence-electron chi connectivity index (χ3n) is 2.26. The van der Waals surface area contributed by atoms with Crippen LogP contribution >= 0.6 is 0 Å². The van der Waals surface area contributed by atoms with Gasteiger partial charge < -0.3 is 20.5 Å². The smallest absolute Gasteiger partial charge is 0.322 e. The van der Waals surface area contributed by atoms with Crippen LogP contribution in [0.5, 0.6) is 5.75 Å². The molecule has 1 rings (SSSR count). The third-order valence-corrected chi connectivity index (χ3v) is 2.26. The van der Waals surface area contributed by atoms with E-state index in [4.69, 9.17) is 9.84 Å². The number of carboxylic acid groups (broad SMARTS) is 1. The van der Waals surface area contributed by atoms with Gasteiger partial charge in [0.1, 0.15) is 12.3 Å². The van der Waals surface area contributed by atoms with Gasteiger partial charge >= 0.3 is 5.97 Å². The molecule has 0 aliphatic rings. The molecule has 0 fully saturated rings. The molecule has 19 heavy (non-hydrogen) atoms. The zero-order valence-electron chi connectivity index (χ0n) is 10.8. The van der Waals surface area contributed by atoms with E-state index in [0.29, 0.717) is 13.2 Å². The largest absolute Gasteiger partial charge is 0.494 e. The normalized spacial score (nSPS) is 9.95.